The lowest BCUT2D eigenvalue weighted by atomic mass is 10.2. The molecule has 2 N–H and O–H groups in total. The second-order valence-electron chi connectivity index (χ2n) is 4.42. The highest BCUT2D eigenvalue weighted by Crippen LogP contribution is 2.12. The second kappa shape index (κ2) is 8.61. The SMILES string of the molecule is CCCCN(CCCC)Cc1csc(CN)n1. The van der Waals surface area contributed by atoms with Gasteiger partial charge >= 0.3 is 0 Å². The van der Waals surface area contributed by atoms with Crippen LogP contribution < -0.4 is 5.73 Å². The van der Waals surface area contributed by atoms with Gasteiger partial charge in [-0.1, -0.05) is 26.7 Å². The quantitative estimate of drug-likeness (QED) is 0.737. The molecule has 4 heteroatoms. The van der Waals surface area contributed by atoms with Crippen molar-refractivity contribution in [3.63, 3.8) is 0 Å². The lowest BCUT2D eigenvalue weighted by molar-refractivity contribution is 0.254. The summed E-state index contributed by atoms with van der Waals surface area (Å²) in [6.45, 7) is 8.41. The molecule has 0 aliphatic carbocycles. The summed E-state index contributed by atoms with van der Waals surface area (Å²) in [4.78, 5) is 7.05. The third-order valence-corrected chi connectivity index (χ3v) is 3.74. The molecular formula is C13H25N3S. The number of hydrogen-bond acceptors (Lipinski definition) is 4. The van der Waals surface area contributed by atoms with Gasteiger partial charge in [0.1, 0.15) is 5.01 Å². The predicted octanol–water partition coefficient (Wildman–Crippen LogP) is 3.00. The molecule has 1 rings (SSSR count). The molecule has 1 heterocycles. The van der Waals surface area contributed by atoms with Crippen molar-refractivity contribution < 1.29 is 0 Å². The monoisotopic (exact) mass is 255 g/mol. The van der Waals surface area contributed by atoms with Gasteiger partial charge in [0.05, 0.1) is 5.69 Å². The molecule has 0 saturated heterocycles. The van der Waals surface area contributed by atoms with Crippen LogP contribution >= 0.6 is 11.3 Å². The first-order valence-corrected chi connectivity index (χ1v) is 7.53. The number of hydrogen-bond donors (Lipinski definition) is 1. The zero-order valence-electron chi connectivity index (χ0n) is 11.1. The first-order chi connectivity index (χ1) is 8.30. The molecule has 3 nitrogen and oxygen atoms in total. The Morgan fingerprint density at radius 3 is 2.35 bits per heavy atom. The molecule has 0 fully saturated rings. The van der Waals surface area contributed by atoms with E-state index in [1.165, 1.54) is 44.5 Å². The second-order valence-corrected chi connectivity index (χ2v) is 5.36. The molecule has 0 amide bonds. The van der Waals surface area contributed by atoms with E-state index in [0.717, 1.165) is 11.6 Å². The molecule has 0 aromatic carbocycles. The van der Waals surface area contributed by atoms with Gasteiger partial charge in [0.2, 0.25) is 0 Å². The van der Waals surface area contributed by atoms with E-state index in [9.17, 15) is 0 Å². The number of nitrogens with zero attached hydrogens (tertiary/aromatic N) is 2. The minimum Gasteiger partial charge on any atom is -0.325 e. The normalized spacial score (nSPS) is 11.3. The highest BCUT2D eigenvalue weighted by Gasteiger charge is 2.07. The highest BCUT2D eigenvalue weighted by molar-refractivity contribution is 7.09. The first kappa shape index (κ1) is 14.6. The van der Waals surface area contributed by atoms with Crippen LogP contribution in [0.5, 0.6) is 0 Å². The number of unbranched alkanes of at least 4 members (excludes halogenated alkanes) is 2. The average molecular weight is 255 g/mol. The smallest absolute Gasteiger partial charge is 0.106 e. The number of nitrogens with two attached hydrogens (primary N) is 1. The number of rotatable bonds is 9. The van der Waals surface area contributed by atoms with E-state index in [2.05, 4.69) is 29.1 Å². The van der Waals surface area contributed by atoms with Crippen molar-refractivity contribution in [1.82, 2.24) is 9.88 Å². The summed E-state index contributed by atoms with van der Waals surface area (Å²) in [7, 11) is 0. The van der Waals surface area contributed by atoms with Gasteiger partial charge in [-0.15, -0.1) is 11.3 Å². The molecule has 0 atom stereocenters. The summed E-state index contributed by atoms with van der Waals surface area (Å²) in [5, 5.41) is 3.19. The molecule has 17 heavy (non-hydrogen) atoms. The van der Waals surface area contributed by atoms with E-state index in [1.807, 2.05) is 0 Å². The fraction of sp³-hybridized carbons (Fsp3) is 0.769. The minimum atomic E-state index is 0.564. The zero-order chi connectivity index (χ0) is 12.5. The van der Waals surface area contributed by atoms with Gasteiger partial charge in [0.25, 0.3) is 0 Å². The summed E-state index contributed by atoms with van der Waals surface area (Å²) in [5.41, 5.74) is 6.77. The van der Waals surface area contributed by atoms with E-state index in [-0.39, 0.29) is 0 Å². The van der Waals surface area contributed by atoms with E-state index in [0.29, 0.717) is 6.54 Å². The molecular weight excluding hydrogens is 230 g/mol. The summed E-state index contributed by atoms with van der Waals surface area (Å²) in [5.74, 6) is 0. The van der Waals surface area contributed by atoms with Crippen molar-refractivity contribution in [2.75, 3.05) is 13.1 Å². The molecule has 0 aliphatic rings. The van der Waals surface area contributed by atoms with E-state index in [1.54, 1.807) is 11.3 Å². The van der Waals surface area contributed by atoms with Crippen LogP contribution in [0.2, 0.25) is 0 Å². The van der Waals surface area contributed by atoms with Gasteiger partial charge in [-0.25, -0.2) is 4.98 Å². The maximum absolute atomic E-state index is 5.59. The molecule has 0 saturated carbocycles. The van der Waals surface area contributed by atoms with Gasteiger partial charge in [-0.3, -0.25) is 4.90 Å². The van der Waals surface area contributed by atoms with Crippen molar-refractivity contribution in [3.05, 3.63) is 16.1 Å². The van der Waals surface area contributed by atoms with Gasteiger partial charge < -0.3 is 5.73 Å². The Morgan fingerprint density at radius 1 is 1.24 bits per heavy atom. The van der Waals surface area contributed by atoms with Gasteiger partial charge in [-0.2, -0.15) is 0 Å². The highest BCUT2D eigenvalue weighted by atomic mass is 32.1. The largest absolute Gasteiger partial charge is 0.325 e. The van der Waals surface area contributed by atoms with Crippen LogP contribution in [-0.2, 0) is 13.1 Å². The summed E-state index contributed by atoms with van der Waals surface area (Å²) < 4.78 is 0. The number of thiazole rings is 1. The standard InChI is InChI=1S/C13H25N3S/c1-3-5-7-16(8-6-4-2)10-12-11-17-13(9-14)15-12/h11H,3-10,14H2,1-2H3. The van der Waals surface area contributed by atoms with Crippen LogP contribution in [0.4, 0.5) is 0 Å². The lowest BCUT2D eigenvalue weighted by Crippen LogP contribution is -2.25. The summed E-state index contributed by atoms with van der Waals surface area (Å²) in [6.07, 6.45) is 5.07. The van der Waals surface area contributed by atoms with Crippen LogP contribution in [0, 0.1) is 0 Å². The van der Waals surface area contributed by atoms with Crippen molar-refractivity contribution in [2.24, 2.45) is 5.73 Å². The first-order valence-electron chi connectivity index (χ1n) is 6.65. The maximum atomic E-state index is 5.59. The molecule has 0 radical (unpaired) electrons. The summed E-state index contributed by atoms with van der Waals surface area (Å²) in [6, 6.07) is 0. The fourth-order valence-corrected chi connectivity index (χ4v) is 2.44. The van der Waals surface area contributed by atoms with Crippen LogP contribution in [-0.4, -0.2) is 23.0 Å². The molecule has 0 aliphatic heterocycles. The van der Waals surface area contributed by atoms with Crippen LogP contribution in [0.3, 0.4) is 0 Å². The molecule has 98 valence electrons. The molecule has 0 spiro atoms. The Morgan fingerprint density at radius 2 is 1.88 bits per heavy atom. The molecule has 1 aromatic rings. The van der Waals surface area contributed by atoms with Gasteiger partial charge in [0, 0.05) is 18.5 Å². The Kier molecular flexibility index (Phi) is 7.40. The predicted molar refractivity (Wildman–Crippen MR) is 75.1 cm³/mol. The fourth-order valence-electron chi connectivity index (χ4n) is 1.78. The summed E-state index contributed by atoms with van der Waals surface area (Å²) >= 11 is 1.68. The van der Waals surface area contributed by atoms with Crippen molar-refractivity contribution >= 4 is 11.3 Å². The van der Waals surface area contributed by atoms with Crippen molar-refractivity contribution in [2.45, 2.75) is 52.6 Å². The van der Waals surface area contributed by atoms with E-state index < -0.39 is 0 Å². The van der Waals surface area contributed by atoms with E-state index >= 15 is 0 Å². The van der Waals surface area contributed by atoms with Crippen LogP contribution in [0.15, 0.2) is 5.38 Å². The van der Waals surface area contributed by atoms with Gasteiger partial charge in [0.15, 0.2) is 0 Å². The van der Waals surface area contributed by atoms with Gasteiger partial charge in [-0.05, 0) is 25.9 Å². The maximum Gasteiger partial charge on any atom is 0.106 e. The van der Waals surface area contributed by atoms with Crippen LogP contribution in [0.1, 0.15) is 50.2 Å². The van der Waals surface area contributed by atoms with Crippen LogP contribution in [0.25, 0.3) is 0 Å². The molecule has 1 aromatic heterocycles. The Bertz CT molecular complexity index is 291. The third kappa shape index (κ3) is 5.61. The Hall–Kier alpha value is -0.450. The topological polar surface area (TPSA) is 42.1 Å². The Labute approximate surface area is 109 Å². The third-order valence-electron chi connectivity index (χ3n) is 2.82. The van der Waals surface area contributed by atoms with Crippen molar-refractivity contribution in [3.8, 4) is 0 Å². The molecule has 0 unspecified atom stereocenters. The Balaban J connectivity index is 2.45. The van der Waals surface area contributed by atoms with E-state index in [4.69, 9.17) is 5.73 Å². The molecule has 0 bridgehead atoms. The number of aromatic nitrogens is 1. The average Bonchev–Trinajstić information content (AvgIpc) is 2.80. The lowest BCUT2D eigenvalue weighted by Gasteiger charge is -2.20. The van der Waals surface area contributed by atoms with Crippen molar-refractivity contribution in [1.29, 1.82) is 0 Å². The minimum absolute atomic E-state index is 0.564. The zero-order valence-corrected chi connectivity index (χ0v) is 11.9.